The first-order valence-electron chi connectivity index (χ1n) is 9.36. The number of hydrogen-bond acceptors (Lipinski definition) is 5. The van der Waals surface area contributed by atoms with Crippen LogP contribution >= 0.6 is 0 Å². The van der Waals surface area contributed by atoms with Crippen LogP contribution in [0, 0.1) is 11.8 Å². The number of aliphatic hydroxyl groups is 3. The molecule has 1 rings (SSSR count). The van der Waals surface area contributed by atoms with Crippen molar-refractivity contribution in [1.82, 2.24) is 5.32 Å². The molecule has 0 spiro atoms. The van der Waals surface area contributed by atoms with Crippen molar-refractivity contribution < 1.29 is 20.1 Å². The smallest absolute Gasteiger partial charge is 0.225 e. The van der Waals surface area contributed by atoms with Crippen LogP contribution in [0.5, 0.6) is 0 Å². The third-order valence-corrected chi connectivity index (χ3v) is 4.44. The van der Waals surface area contributed by atoms with Gasteiger partial charge in [-0.15, -0.1) is 0 Å². The van der Waals surface area contributed by atoms with Crippen LogP contribution in [0.25, 0.3) is 0 Å². The van der Waals surface area contributed by atoms with Gasteiger partial charge < -0.3 is 20.6 Å². The molecule has 1 aliphatic rings. The Kier molecular flexibility index (Phi) is 10.2. The maximum Gasteiger partial charge on any atom is 0.225 e. The maximum atomic E-state index is 11.9. The number of likely N-dealkylation sites (N-methyl/N-ethyl adjacent to an activating group) is 1. The molecular formula is C21H33NO4. The maximum absolute atomic E-state index is 11.9. The van der Waals surface area contributed by atoms with Crippen LogP contribution < -0.4 is 5.32 Å². The van der Waals surface area contributed by atoms with E-state index >= 15 is 0 Å². The molecule has 0 bridgehead atoms. The van der Waals surface area contributed by atoms with Crippen LogP contribution in [0.4, 0.5) is 0 Å². The van der Waals surface area contributed by atoms with Crippen molar-refractivity contribution in [1.29, 1.82) is 0 Å². The fraction of sp³-hybridized carbons (Fsp3) is 0.571. The van der Waals surface area contributed by atoms with Crippen LogP contribution in [0.15, 0.2) is 48.3 Å². The highest BCUT2D eigenvalue weighted by atomic mass is 16.3. The third kappa shape index (κ3) is 8.13. The minimum atomic E-state index is -1.18. The number of carbonyl (C=O) groups excluding carboxylic acids is 1. The molecule has 0 fully saturated rings. The average Bonchev–Trinajstić information content (AvgIpc) is 2.63. The third-order valence-electron chi connectivity index (χ3n) is 4.44. The number of hydrogen-bond donors (Lipinski definition) is 4. The van der Waals surface area contributed by atoms with E-state index in [-0.39, 0.29) is 12.0 Å². The van der Waals surface area contributed by atoms with Crippen molar-refractivity contribution >= 4 is 5.78 Å². The Morgan fingerprint density at radius 3 is 2.42 bits per heavy atom. The van der Waals surface area contributed by atoms with Gasteiger partial charge in [-0.3, -0.25) is 4.79 Å². The summed E-state index contributed by atoms with van der Waals surface area (Å²) in [6, 6.07) is -0.260. The van der Waals surface area contributed by atoms with Gasteiger partial charge >= 0.3 is 0 Å². The van der Waals surface area contributed by atoms with Gasteiger partial charge in [0.1, 0.15) is 6.10 Å². The Bertz CT molecular complexity index is 534. The Morgan fingerprint density at radius 2 is 1.85 bits per heavy atom. The highest BCUT2D eigenvalue weighted by molar-refractivity contribution is 5.96. The van der Waals surface area contributed by atoms with E-state index in [2.05, 4.69) is 5.32 Å². The average molecular weight is 363 g/mol. The second-order valence-electron chi connectivity index (χ2n) is 7.06. The summed E-state index contributed by atoms with van der Waals surface area (Å²) < 4.78 is 0. The number of nitrogens with one attached hydrogen (secondary N) is 1. The lowest BCUT2D eigenvalue weighted by Gasteiger charge is -2.14. The number of carbonyl (C=O) groups is 1. The molecule has 0 aromatic rings. The first-order chi connectivity index (χ1) is 12.3. The predicted molar refractivity (Wildman–Crippen MR) is 105 cm³/mol. The van der Waals surface area contributed by atoms with Gasteiger partial charge in [0.2, 0.25) is 5.78 Å². The minimum Gasteiger partial charge on any atom is -0.504 e. The molecule has 1 aliphatic carbocycles. The van der Waals surface area contributed by atoms with Gasteiger partial charge in [0.05, 0.1) is 6.10 Å². The second kappa shape index (κ2) is 11.8. The van der Waals surface area contributed by atoms with Crippen molar-refractivity contribution in [3.8, 4) is 0 Å². The SMILES string of the molecule is CN[C@@H](/C=C\CCCCC1C=CC(O)C=C1)/C=C(\O)C(=O)[C@@H](O)C(C)C. The van der Waals surface area contributed by atoms with Crippen LogP contribution in [-0.4, -0.2) is 46.4 Å². The molecule has 0 amide bonds. The number of allylic oxidation sites excluding steroid dienone is 3. The normalized spacial score (nSPS) is 22.9. The number of unbranched alkanes of at least 4 members (excludes halogenated alkanes) is 2. The fourth-order valence-corrected chi connectivity index (χ4v) is 2.66. The number of ketones is 1. The van der Waals surface area contributed by atoms with Crippen molar-refractivity contribution in [2.45, 2.75) is 57.8 Å². The lowest BCUT2D eigenvalue weighted by molar-refractivity contribution is -0.127. The monoisotopic (exact) mass is 363 g/mol. The Balaban J connectivity index is 2.35. The highest BCUT2D eigenvalue weighted by Gasteiger charge is 2.22. The zero-order valence-corrected chi connectivity index (χ0v) is 16.0. The zero-order chi connectivity index (χ0) is 19.5. The molecule has 146 valence electrons. The largest absolute Gasteiger partial charge is 0.504 e. The van der Waals surface area contributed by atoms with Gasteiger partial charge in [-0.2, -0.15) is 0 Å². The van der Waals surface area contributed by atoms with Gasteiger partial charge in [-0.05, 0) is 44.2 Å². The zero-order valence-electron chi connectivity index (χ0n) is 16.0. The minimum absolute atomic E-state index is 0.237. The van der Waals surface area contributed by atoms with Gasteiger partial charge in [0.25, 0.3) is 0 Å². The van der Waals surface area contributed by atoms with E-state index in [0.29, 0.717) is 5.92 Å². The summed E-state index contributed by atoms with van der Waals surface area (Å²) in [5, 5.41) is 32.0. The quantitative estimate of drug-likeness (QED) is 0.196. The van der Waals surface area contributed by atoms with E-state index in [4.69, 9.17) is 0 Å². The molecule has 0 aromatic carbocycles. The molecule has 26 heavy (non-hydrogen) atoms. The summed E-state index contributed by atoms with van der Waals surface area (Å²) in [5.41, 5.74) is 0. The molecule has 0 saturated heterocycles. The molecule has 0 aliphatic heterocycles. The van der Waals surface area contributed by atoms with Gasteiger partial charge in [-0.25, -0.2) is 0 Å². The second-order valence-corrected chi connectivity index (χ2v) is 7.06. The Morgan fingerprint density at radius 1 is 1.19 bits per heavy atom. The molecule has 4 N–H and O–H groups in total. The first-order valence-corrected chi connectivity index (χ1v) is 9.36. The van der Waals surface area contributed by atoms with Gasteiger partial charge in [0, 0.05) is 6.04 Å². The van der Waals surface area contributed by atoms with Crippen molar-refractivity contribution in [2.75, 3.05) is 7.05 Å². The number of Topliss-reactive ketones (excluding diaryl/α,β-unsaturated/α-hetero) is 1. The highest BCUT2D eigenvalue weighted by Crippen LogP contribution is 2.17. The van der Waals surface area contributed by atoms with E-state index < -0.39 is 23.8 Å². The van der Waals surface area contributed by atoms with E-state index in [0.717, 1.165) is 25.7 Å². The molecule has 0 unspecified atom stereocenters. The fourth-order valence-electron chi connectivity index (χ4n) is 2.66. The molecule has 0 aromatic heterocycles. The molecular weight excluding hydrogens is 330 g/mol. The predicted octanol–water partition coefficient (Wildman–Crippen LogP) is 2.82. The Labute approximate surface area is 156 Å². The summed E-state index contributed by atoms with van der Waals surface area (Å²) in [6.07, 6.45) is 15.6. The lowest BCUT2D eigenvalue weighted by Crippen LogP contribution is -2.29. The standard InChI is InChI=1S/C21H33NO4/c1-15(2)20(25)21(26)19(24)14-17(22-3)9-7-5-4-6-8-16-10-12-18(23)13-11-16/h7,9-18,20,22-25H,4-6,8H2,1-3H3/b9-7-,19-14-/t16?,17-,18?,20-/m0/s1. The molecule has 5 nitrogen and oxygen atoms in total. The molecule has 5 heteroatoms. The summed E-state index contributed by atoms with van der Waals surface area (Å²) >= 11 is 0. The van der Waals surface area contributed by atoms with E-state index in [1.165, 1.54) is 6.08 Å². The Hall–Kier alpha value is -1.69. The topological polar surface area (TPSA) is 89.8 Å². The van der Waals surface area contributed by atoms with Gasteiger partial charge in [-0.1, -0.05) is 56.7 Å². The van der Waals surface area contributed by atoms with E-state index in [1.807, 2.05) is 36.5 Å². The summed E-state index contributed by atoms with van der Waals surface area (Å²) in [7, 11) is 1.75. The van der Waals surface area contributed by atoms with Crippen molar-refractivity contribution in [2.24, 2.45) is 11.8 Å². The summed E-state index contributed by atoms with van der Waals surface area (Å²) in [5.74, 6) is -0.884. The lowest BCUT2D eigenvalue weighted by atomic mass is 9.96. The number of rotatable bonds is 11. The molecule has 0 heterocycles. The van der Waals surface area contributed by atoms with Gasteiger partial charge in [0.15, 0.2) is 5.76 Å². The van der Waals surface area contributed by atoms with E-state index in [9.17, 15) is 20.1 Å². The molecule has 0 saturated carbocycles. The van der Waals surface area contributed by atoms with Crippen LogP contribution in [0.1, 0.15) is 39.5 Å². The summed E-state index contributed by atoms with van der Waals surface area (Å²) in [4.78, 5) is 11.9. The van der Waals surface area contributed by atoms with Crippen molar-refractivity contribution in [3.63, 3.8) is 0 Å². The van der Waals surface area contributed by atoms with Crippen LogP contribution in [0.2, 0.25) is 0 Å². The molecule has 0 radical (unpaired) electrons. The van der Waals surface area contributed by atoms with Crippen LogP contribution in [-0.2, 0) is 4.79 Å². The van der Waals surface area contributed by atoms with Crippen LogP contribution in [0.3, 0.4) is 0 Å². The molecule has 2 atom stereocenters. The number of aliphatic hydroxyl groups excluding tert-OH is 3. The van der Waals surface area contributed by atoms with Crippen molar-refractivity contribution in [3.05, 3.63) is 48.3 Å². The summed E-state index contributed by atoms with van der Waals surface area (Å²) in [6.45, 7) is 3.46. The first kappa shape index (κ1) is 22.4. The van der Waals surface area contributed by atoms with E-state index in [1.54, 1.807) is 20.9 Å².